The van der Waals surface area contributed by atoms with Crippen LogP contribution in [0.15, 0.2) is 0 Å². The number of amides is 1. The predicted octanol–water partition coefficient (Wildman–Crippen LogP) is 0.202. The van der Waals surface area contributed by atoms with Gasteiger partial charge in [0, 0.05) is 6.54 Å². The highest BCUT2D eigenvalue weighted by atomic mass is 32.1. The van der Waals surface area contributed by atoms with Crippen molar-refractivity contribution in [2.24, 2.45) is 5.92 Å². The summed E-state index contributed by atoms with van der Waals surface area (Å²) in [7, 11) is 0. The molecule has 0 bridgehead atoms. The Morgan fingerprint density at radius 3 is 2.73 bits per heavy atom. The maximum absolute atomic E-state index is 11.7. The van der Waals surface area contributed by atoms with Crippen LogP contribution in [0.5, 0.6) is 0 Å². The third-order valence-corrected chi connectivity index (χ3v) is 2.37. The van der Waals surface area contributed by atoms with Crippen LogP contribution in [-0.2, 0) is 9.59 Å². The van der Waals surface area contributed by atoms with Crippen molar-refractivity contribution in [1.82, 2.24) is 10.2 Å². The monoisotopic (exact) mass is 230 g/mol. The van der Waals surface area contributed by atoms with Crippen molar-refractivity contribution in [2.45, 2.75) is 26.3 Å². The summed E-state index contributed by atoms with van der Waals surface area (Å²) >= 11 is 4.97. The maximum atomic E-state index is 11.7. The van der Waals surface area contributed by atoms with Crippen LogP contribution < -0.4 is 5.32 Å². The van der Waals surface area contributed by atoms with E-state index in [-0.39, 0.29) is 12.3 Å². The normalized spacial score (nSPS) is 21.0. The maximum Gasteiger partial charge on any atom is 0.305 e. The Morgan fingerprint density at radius 2 is 2.27 bits per heavy atom. The van der Waals surface area contributed by atoms with Gasteiger partial charge in [0.15, 0.2) is 5.11 Å². The summed E-state index contributed by atoms with van der Waals surface area (Å²) < 4.78 is 0. The van der Waals surface area contributed by atoms with Crippen LogP contribution >= 0.6 is 12.2 Å². The van der Waals surface area contributed by atoms with E-state index >= 15 is 0 Å². The van der Waals surface area contributed by atoms with Crippen molar-refractivity contribution in [2.75, 3.05) is 6.54 Å². The highest BCUT2D eigenvalue weighted by molar-refractivity contribution is 7.80. The lowest BCUT2D eigenvalue weighted by Crippen LogP contribution is -2.34. The summed E-state index contributed by atoms with van der Waals surface area (Å²) in [5.41, 5.74) is 0. The molecule has 6 heteroatoms. The Balaban J connectivity index is 2.66. The SMILES string of the molecule is CC(C)CN1C(=O)[C@H](CC(=O)O)NC1=S. The highest BCUT2D eigenvalue weighted by Crippen LogP contribution is 2.11. The van der Waals surface area contributed by atoms with Crippen LogP contribution in [0.2, 0.25) is 0 Å². The number of carboxylic acids is 1. The molecular formula is C9H14N2O3S. The number of nitrogens with zero attached hydrogens (tertiary/aromatic N) is 1. The molecule has 15 heavy (non-hydrogen) atoms. The molecule has 0 aliphatic carbocycles. The van der Waals surface area contributed by atoms with Crippen molar-refractivity contribution in [3.8, 4) is 0 Å². The van der Waals surface area contributed by atoms with Gasteiger partial charge < -0.3 is 10.4 Å². The summed E-state index contributed by atoms with van der Waals surface area (Å²) in [6.07, 6.45) is -0.229. The van der Waals surface area contributed by atoms with Gasteiger partial charge in [-0.2, -0.15) is 0 Å². The summed E-state index contributed by atoms with van der Waals surface area (Å²) in [5, 5.41) is 11.6. The first-order valence-corrected chi connectivity index (χ1v) is 5.16. The van der Waals surface area contributed by atoms with Gasteiger partial charge in [0.2, 0.25) is 0 Å². The lowest BCUT2D eigenvalue weighted by atomic mass is 10.2. The van der Waals surface area contributed by atoms with E-state index in [0.29, 0.717) is 17.6 Å². The smallest absolute Gasteiger partial charge is 0.305 e. The fourth-order valence-corrected chi connectivity index (χ4v) is 1.73. The van der Waals surface area contributed by atoms with Gasteiger partial charge in [-0.1, -0.05) is 13.8 Å². The lowest BCUT2D eigenvalue weighted by Gasteiger charge is -2.16. The van der Waals surface area contributed by atoms with Gasteiger partial charge in [-0.25, -0.2) is 0 Å². The van der Waals surface area contributed by atoms with Crippen molar-refractivity contribution in [3.63, 3.8) is 0 Å². The molecule has 0 radical (unpaired) electrons. The van der Waals surface area contributed by atoms with Gasteiger partial charge in [-0.3, -0.25) is 14.5 Å². The van der Waals surface area contributed by atoms with Crippen molar-refractivity contribution >= 4 is 29.2 Å². The quantitative estimate of drug-likeness (QED) is 0.675. The Bertz CT molecular complexity index is 304. The summed E-state index contributed by atoms with van der Waals surface area (Å²) in [6.45, 7) is 4.47. The van der Waals surface area contributed by atoms with Crippen LogP contribution in [-0.4, -0.2) is 39.6 Å². The second-order valence-electron chi connectivity index (χ2n) is 3.94. The third kappa shape index (κ3) is 2.89. The molecule has 0 spiro atoms. The van der Waals surface area contributed by atoms with E-state index in [1.54, 1.807) is 0 Å². The van der Waals surface area contributed by atoms with E-state index in [1.807, 2.05) is 13.8 Å². The van der Waals surface area contributed by atoms with E-state index in [1.165, 1.54) is 4.90 Å². The number of thiocarbonyl (C=S) groups is 1. The molecule has 5 nitrogen and oxygen atoms in total. The fraction of sp³-hybridized carbons (Fsp3) is 0.667. The van der Waals surface area contributed by atoms with Gasteiger partial charge in [0.05, 0.1) is 6.42 Å². The second kappa shape index (κ2) is 4.57. The third-order valence-electron chi connectivity index (χ3n) is 2.03. The Morgan fingerprint density at radius 1 is 1.67 bits per heavy atom. The Kier molecular flexibility index (Phi) is 3.62. The molecule has 1 aliphatic heterocycles. The zero-order valence-corrected chi connectivity index (χ0v) is 9.50. The van der Waals surface area contributed by atoms with E-state index in [2.05, 4.69) is 5.32 Å². The van der Waals surface area contributed by atoms with Crippen LogP contribution in [0.1, 0.15) is 20.3 Å². The summed E-state index contributed by atoms with van der Waals surface area (Å²) in [4.78, 5) is 23.6. The van der Waals surface area contributed by atoms with Crippen LogP contribution in [0.3, 0.4) is 0 Å². The molecule has 1 fully saturated rings. The van der Waals surface area contributed by atoms with Gasteiger partial charge in [0.1, 0.15) is 6.04 Å². The number of carbonyl (C=O) groups excluding carboxylic acids is 1. The Labute approximate surface area is 93.4 Å². The first kappa shape index (κ1) is 11.9. The molecule has 0 aromatic heterocycles. The standard InChI is InChI=1S/C9H14N2O3S/c1-5(2)4-11-8(14)6(3-7(12)13)10-9(11)15/h5-6H,3-4H2,1-2H3,(H,10,15)(H,12,13)/t6-/m0/s1. The molecule has 84 valence electrons. The molecule has 1 saturated heterocycles. The molecule has 2 N–H and O–H groups in total. The molecule has 1 rings (SSSR count). The van der Waals surface area contributed by atoms with Gasteiger partial charge >= 0.3 is 5.97 Å². The van der Waals surface area contributed by atoms with E-state index in [4.69, 9.17) is 17.3 Å². The largest absolute Gasteiger partial charge is 0.481 e. The zero-order chi connectivity index (χ0) is 11.6. The van der Waals surface area contributed by atoms with Crippen LogP contribution in [0, 0.1) is 5.92 Å². The minimum absolute atomic E-state index is 0.229. The first-order chi connectivity index (χ1) is 6.91. The summed E-state index contributed by atoms with van der Waals surface area (Å²) in [6, 6.07) is -0.700. The molecule has 1 heterocycles. The van der Waals surface area contributed by atoms with Crippen molar-refractivity contribution in [1.29, 1.82) is 0 Å². The molecule has 1 atom stereocenters. The fourth-order valence-electron chi connectivity index (χ4n) is 1.43. The van der Waals surface area contributed by atoms with Gasteiger partial charge in [-0.05, 0) is 18.1 Å². The van der Waals surface area contributed by atoms with Crippen molar-refractivity contribution in [3.05, 3.63) is 0 Å². The topological polar surface area (TPSA) is 69.6 Å². The number of carboxylic acid groups (broad SMARTS) is 1. The average Bonchev–Trinajstić information content (AvgIpc) is 2.31. The molecule has 0 aromatic rings. The molecule has 0 aromatic carbocycles. The highest BCUT2D eigenvalue weighted by Gasteiger charge is 2.36. The minimum atomic E-state index is -1.00. The number of hydrogen-bond acceptors (Lipinski definition) is 3. The number of aliphatic carboxylic acids is 1. The van der Waals surface area contributed by atoms with Crippen molar-refractivity contribution < 1.29 is 14.7 Å². The van der Waals surface area contributed by atoms with E-state index in [9.17, 15) is 9.59 Å². The first-order valence-electron chi connectivity index (χ1n) is 4.75. The average molecular weight is 230 g/mol. The van der Waals surface area contributed by atoms with E-state index in [0.717, 1.165) is 0 Å². The predicted molar refractivity (Wildman–Crippen MR) is 58.3 cm³/mol. The molecule has 0 saturated carbocycles. The number of hydrogen-bond donors (Lipinski definition) is 2. The zero-order valence-electron chi connectivity index (χ0n) is 8.69. The molecule has 0 unspecified atom stereocenters. The van der Waals surface area contributed by atoms with Crippen LogP contribution in [0.4, 0.5) is 0 Å². The number of rotatable bonds is 4. The second-order valence-corrected chi connectivity index (χ2v) is 4.33. The Hall–Kier alpha value is -1.17. The van der Waals surface area contributed by atoms with Gasteiger partial charge in [-0.15, -0.1) is 0 Å². The van der Waals surface area contributed by atoms with E-state index < -0.39 is 12.0 Å². The van der Waals surface area contributed by atoms with Gasteiger partial charge in [0.25, 0.3) is 5.91 Å². The lowest BCUT2D eigenvalue weighted by molar-refractivity contribution is -0.140. The minimum Gasteiger partial charge on any atom is -0.481 e. The summed E-state index contributed by atoms with van der Waals surface area (Å²) in [5.74, 6) is -0.941. The number of nitrogens with one attached hydrogen (secondary N) is 1. The molecule has 1 amide bonds. The molecular weight excluding hydrogens is 216 g/mol. The molecule has 1 aliphatic rings. The van der Waals surface area contributed by atoms with Crippen LogP contribution in [0.25, 0.3) is 0 Å². The number of carbonyl (C=O) groups is 2.